The number of anilines is 1. The van der Waals surface area contributed by atoms with E-state index in [0.717, 1.165) is 5.75 Å². The number of nitrogens with zero attached hydrogens (tertiary/aromatic N) is 3. The number of halogens is 1. The number of carbonyl (C=O) groups excluding carboxylic acids is 1. The molecule has 32 heavy (non-hydrogen) atoms. The van der Waals surface area contributed by atoms with Crippen molar-refractivity contribution in [2.75, 3.05) is 18.2 Å². The van der Waals surface area contributed by atoms with Crippen molar-refractivity contribution in [3.05, 3.63) is 60.2 Å². The van der Waals surface area contributed by atoms with Crippen LogP contribution in [0.25, 0.3) is 0 Å². The van der Waals surface area contributed by atoms with E-state index >= 15 is 0 Å². The summed E-state index contributed by atoms with van der Waals surface area (Å²) in [6.07, 6.45) is -0.336. The molecule has 1 amide bonds. The first kappa shape index (κ1) is 23.6. The lowest BCUT2D eigenvalue weighted by Crippen LogP contribution is -2.17. The van der Waals surface area contributed by atoms with Crippen LogP contribution in [0.5, 0.6) is 11.5 Å². The lowest BCUT2D eigenvalue weighted by atomic mass is 10.2. The van der Waals surface area contributed by atoms with Gasteiger partial charge in [0.25, 0.3) is 0 Å². The lowest BCUT2D eigenvalue weighted by molar-refractivity contribution is -0.113. The molecule has 170 valence electrons. The zero-order valence-corrected chi connectivity index (χ0v) is 19.4. The second kappa shape index (κ2) is 11.0. The number of hydrogen-bond donors (Lipinski definition) is 1. The summed E-state index contributed by atoms with van der Waals surface area (Å²) < 4.78 is 26.3. The molecule has 1 aromatic heterocycles. The minimum absolute atomic E-state index is 0.154. The molecule has 3 aromatic rings. The molecule has 0 aliphatic carbocycles. The highest BCUT2D eigenvalue weighted by atomic mass is 32.2. The molecule has 1 heterocycles. The Bertz CT molecular complexity index is 1020. The number of aromatic nitrogens is 3. The first-order valence-electron chi connectivity index (χ1n) is 10.3. The van der Waals surface area contributed by atoms with E-state index in [0.29, 0.717) is 34.9 Å². The molecular weight excluding hydrogens is 431 g/mol. The van der Waals surface area contributed by atoms with Crippen molar-refractivity contribution in [1.29, 1.82) is 0 Å². The third-order valence-corrected chi connectivity index (χ3v) is 5.46. The van der Waals surface area contributed by atoms with E-state index in [-0.39, 0.29) is 23.6 Å². The molecule has 1 N–H and O–H groups in total. The van der Waals surface area contributed by atoms with Crippen molar-refractivity contribution in [3.63, 3.8) is 0 Å². The molecule has 1 atom stereocenters. The van der Waals surface area contributed by atoms with Gasteiger partial charge in [-0.2, -0.15) is 0 Å². The molecular formula is C23H27FN4O3S. The normalized spacial score (nSPS) is 11.9. The summed E-state index contributed by atoms with van der Waals surface area (Å²) >= 11 is 1.30. The van der Waals surface area contributed by atoms with Crippen LogP contribution in [0.4, 0.5) is 10.1 Å². The molecule has 0 aliphatic rings. The first-order valence-corrected chi connectivity index (χ1v) is 11.3. The zero-order valence-electron chi connectivity index (χ0n) is 18.5. The van der Waals surface area contributed by atoms with E-state index in [1.165, 1.54) is 36.0 Å². The number of hydrogen-bond acceptors (Lipinski definition) is 6. The molecule has 0 radical (unpaired) electrons. The molecule has 0 aliphatic heterocycles. The summed E-state index contributed by atoms with van der Waals surface area (Å²) in [7, 11) is 1.62. The summed E-state index contributed by atoms with van der Waals surface area (Å²) in [5.74, 6) is 2.10. The van der Waals surface area contributed by atoms with E-state index in [1.807, 2.05) is 35.8 Å². The van der Waals surface area contributed by atoms with Gasteiger partial charge >= 0.3 is 0 Å². The largest absolute Gasteiger partial charge is 0.497 e. The predicted octanol–water partition coefficient (Wildman–Crippen LogP) is 4.95. The maximum absolute atomic E-state index is 13.0. The zero-order chi connectivity index (χ0) is 23.1. The van der Waals surface area contributed by atoms with Crippen LogP contribution in [0.15, 0.2) is 53.7 Å². The summed E-state index contributed by atoms with van der Waals surface area (Å²) in [6.45, 7) is 6.82. The van der Waals surface area contributed by atoms with E-state index in [4.69, 9.17) is 9.47 Å². The third-order valence-electron chi connectivity index (χ3n) is 4.49. The molecule has 1 unspecified atom stereocenters. The topological polar surface area (TPSA) is 78.3 Å². The molecule has 0 bridgehead atoms. The van der Waals surface area contributed by atoms with Gasteiger partial charge in [0.1, 0.15) is 17.3 Å². The maximum Gasteiger partial charge on any atom is 0.234 e. The highest BCUT2D eigenvalue weighted by Gasteiger charge is 2.21. The van der Waals surface area contributed by atoms with Gasteiger partial charge in [0.05, 0.1) is 12.9 Å². The Morgan fingerprint density at radius 1 is 1.06 bits per heavy atom. The van der Waals surface area contributed by atoms with E-state index in [9.17, 15) is 9.18 Å². The van der Waals surface area contributed by atoms with Gasteiger partial charge in [0.15, 0.2) is 17.1 Å². The Hall–Kier alpha value is -3.07. The van der Waals surface area contributed by atoms with Crippen LogP contribution in [0.3, 0.4) is 0 Å². The molecule has 0 saturated carbocycles. The second-order valence-electron chi connectivity index (χ2n) is 7.62. The number of amides is 1. The number of rotatable bonds is 10. The van der Waals surface area contributed by atoms with Gasteiger partial charge in [-0.15, -0.1) is 10.2 Å². The Balaban J connectivity index is 1.67. The summed E-state index contributed by atoms with van der Waals surface area (Å²) in [6, 6.07) is 13.0. The van der Waals surface area contributed by atoms with Crippen LogP contribution in [0, 0.1) is 11.7 Å². The fourth-order valence-electron chi connectivity index (χ4n) is 3.02. The molecule has 9 heteroatoms. The molecule has 0 saturated heterocycles. The van der Waals surface area contributed by atoms with E-state index in [2.05, 4.69) is 29.4 Å². The SMILES string of the molecule is COc1ccc(OC(C)c2nnc(SCC(=O)Nc3ccc(F)cc3)n2CC(C)C)cc1. The quantitative estimate of drug-likeness (QED) is 0.433. The Labute approximate surface area is 191 Å². The first-order chi connectivity index (χ1) is 15.4. The van der Waals surface area contributed by atoms with Gasteiger partial charge in [0.2, 0.25) is 5.91 Å². The average Bonchev–Trinajstić information content (AvgIpc) is 3.16. The Morgan fingerprint density at radius 2 is 1.72 bits per heavy atom. The third kappa shape index (κ3) is 6.46. The predicted molar refractivity (Wildman–Crippen MR) is 123 cm³/mol. The van der Waals surface area contributed by atoms with Crippen molar-refractivity contribution < 1.29 is 18.7 Å². The van der Waals surface area contributed by atoms with Gasteiger partial charge < -0.3 is 19.4 Å². The Morgan fingerprint density at radius 3 is 2.34 bits per heavy atom. The lowest BCUT2D eigenvalue weighted by Gasteiger charge is -2.18. The van der Waals surface area contributed by atoms with Gasteiger partial charge in [-0.05, 0) is 61.4 Å². The number of ether oxygens (including phenoxy) is 2. The van der Waals surface area contributed by atoms with Crippen molar-refractivity contribution in [2.24, 2.45) is 5.92 Å². The number of thioether (sulfide) groups is 1. The molecule has 7 nitrogen and oxygen atoms in total. The van der Waals surface area contributed by atoms with Gasteiger partial charge in [-0.3, -0.25) is 4.79 Å². The van der Waals surface area contributed by atoms with Gasteiger partial charge in [-0.25, -0.2) is 4.39 Å². The molecule has 2 aromatic carbocycles. The maximum atomic E-state index is 13.0. The summed E-state index contributed by atoms with van der Waals surface area (Å²) in [5, 5.41) is 12.0. The van der Waals surface area contributed by atoms with Crippen LogP contribution in [-0.2, 0) is 11.3 Å². The monoisotopic (exact) mass is 458 g/mol. The number of benzene rings is 2. The number of carbonyl (C=O) groups is 1. The van der Waals surface area contributed by atoms with Crippen LogP contribution in [-0.4, -0.2) is 33.5 Å². The number of methoxy groups -OCH3 is 1. The van der Waals surface area contributed by atoms with Crippen molar-refractivity contribution in [2.45, 2.75) is 38.6 Å². The summed E-state index contributed by atoms with van der Waals surface area (Å²) in [5.41, 5.74) is 0.544. The molecule has 3 rings (SSSR count). The van der Waals surface area contributed by atoms with Crippen molar-refractivity contribution in [1.82, 2.24) is 14.8 Å². The average molecular weight is 459 g/mol. The standard InChI is InChI=1S/C23H27FN4O3S/c1-15(2)13-28-22(16(3)31-20-11-9-19(30-4)10-12-20)26-27-23(28)32-14-21(29)25-18-7-5-17(24)6-8-18/h5-12,15-16H,13-14H2,1-4H3,(H,25,29). The van der Waals surface area contributed by atoms with E-state index < -0.39 is 0 Å². The highest BCUT2D eigenvalue weighted by molar-refractivity contribution is 7.99. The van der Waals surface area contributed by atoms with Crippen LogP contribution in [0.2, 0.25) is 0 Å². The molecule has 0 spiro atoms. The highest BCUT2D eigenvalue weighted by Crippen LogP contribution is 2.27. The number of nitrogens with one attached hydrogen (secondary N) is 1. The van der Waals surface area contributed by atoms with Gasteiger partial charge in [-0.1, -0.05) is 25.6 Å². The van der Waals surface area contributed by atoms with Crippen molar-refractivity contribution in [3.8, 4) is 11.5 Å². The fraction of sp³-hybridized carbons (Fsp3) is 0.348. The summed E-state index contributed by atoms with van der Waals surface area (Å²) in [4.78, 5) is 12.3. The smallest absolute Gasteiger partial charge is 0.234 e. The second-order valence-corrected chi connectivity index (χ2v) is 8.57. The minimum atomic E-state index is -0.349. The van der Waals surface area contributed by atoms with Crippen LogP contribution >= 0.6 is 11.8 Å². The van der Waals surface area contributed by atoms with Gasteiger partial charge in [0, 0.05) is 12.2 Å². The Kier molecular flexibility index (Phi) is 8.10. The minimum Gasteiger partial charge on any atom is -0.497 e. The molecule has 0 fully saturated rings. The van der Waals surface area contributed by atoms with Crippen LogP contribution < -0.4 is 14.8 Å². The fourth-order valence-corrected chi connectivity index (χ4v) is 3.77. The van der Waals surface area contributed by atoms with Crippen LogP contribution in [0.1, 0.15) is 32.7 Å². The van der Waals surface area contributed by atoms with E-state index in [1.54, 1.807) is 7.11 Å². The van der Waals surface area contributed by atoms with Crippen molar-refractivity contribution >= 4 is 23.4 Å².